The van der Waals surface area contributed by atoms with E-state index in [1.165, 1.54) is 44.9 Å². The molecule has 5 rings (SSSR count). The minimum Gasteiger partial charge on any atom is -0.334 e. The van der Waals surface area contributed by atoms with Gasteiger partial charge in [0.1, 0.15) is 5.82 Å². The van der Waals surface area contributed by atoms with E-state index in [0.717, 1.165) is 30.1 Å². The largest absolute Gasteiger partial charge is 0.334 e. The molecule has 3 N–H and O–H groups in total. The summed E-state index contributed by atoms with van der Waals surface area (Å²) in [7, 11) is 0. The van der Waals surface area contributed by atoms with E-state index in [4.69, 9.17) is 5.84 Å². The predicted molar refractivity (Wildman–Crippen MR) is 83.2 cm³/mol. The summed E-state index contributed by atoms with van der Waals surface area (Å²) in [6, 6.07) is 0.205. The Morgan fingerprint density at radius 3 is 2.43 bits per heavy atom. The SMILES string of the molecule is CCn1ccnc1C(CC12CC3CC(CC(C3)C1)C2)NN. The molecule has 1 atom stereocenters. The van der Waals surface area contributed by atoms with Crippen LogP contribution in [0.15, 0.2) is 12.4 Å². The first-order chi connectivity index (χ1) is 10.2. The molecule has 4 aliphatic rings. The van der Waals surface area contributed by atoms with Gasteiger partial charge in [-0.1, -0.05) is 0 Å². The Bertz CT molecular complexity index is 471. The van der Waals surface area contributed by atoms with Crippen LogP contribution < -0.4 is 11.3 Å². The van der Waals surface area contributed by atoms with Crippen molar-refractivity contribution >= 4 is 0 Å². The fourth-order valence-electron chi connectivity index (χ4n) is 6.10. The van der Waals surface area contributed by atoms with Gasteiger partial charge in [-0.15, -0.1) is 0 Å². The smallest absolute Gasteiger partial charge is 0.127 e. The van der Waals surface area contributed by atoms with Gasteiger partial charge in [0, 0.05) is 18.9 Å². The first kappa shape index (κ1) is 13.8. The molecule has 4 nitrogen and oxygen atoms in total. The van der Waals surface area contributed by atoms with Gasteiger partial charge in [-0.05, 0) is 75.0 Å². The van der Waals surface area contributed by atoms with Crippen LogP contribution in [0.1, 0.15) is 63.7 Å². The van der Waals surface area contributed by atoms with E-state index in [9.17, 15) is 0 Å². The highest BCUT2D eigenvalue weighted by molar-refractivity contribution is 5.06. The van der Waals surface area contributed by atoms with E-state index >= 15 is 0 Å². The summed E-state index contributed by atoms with van der Waals surface area (Å²) < 4.78 is 2.23. The van der Waals surface area contributed by atoms with E-state index < -0.39 is 0 Å². The zero-order valence-corrected chi connectivity index (χ0v) is 13.1. The zero-order valence-electron chi connectivity index (χ0n) is 13.1. The average Bonchev–Trinajstić information content (AvgIpc) is 2.91. The van der Waals surface area contributed by atoms with Gasteiger partial charge in [-0.3, -0.25) is 5.84 Å². The topological polar surface area (TPSA) is 55.9 Å². The Kier molecular flexibility index (Phi) is 3.34. The summed E-state index contributed by atoms with van der Waals surface area (Å²) in [5.41, 5.74) is 3.61. The molecule has 0 aliphatic heterocycles. The first-order valence-electron chi connectivity index (χ1n) is 8.68. The lowest BCUT2D eigenvalue weighted by Gasteiger charge is -2.57. The van der Waals surface area contributed by atoms with Crippen molar-refractivity contribution in [2.75, 3.05) is 0 Å². The monoisotopic (exact) mass is 288 g/mol. The molecule has 0 aromatic carbocycles. The number of hydrogen-bond donors (Lipinski definition) is 2. The molecule has 1 aromatic rings. The van der Waals surface area contributed by atoms with Gasteiger partial charge in [0.2, 0.25) is 0 Å². The highest BCUT2D eigenvalue weighted by Gasteiger charge is 2.51. The summed E-state index contributed by atoms with van der Waals surface area (Å²) in [5, 5.41) is 0. The molecule has 1 aromatic heterocycles. The number of aryl methyl sites for hydroxylation is 1. The van der Waals surface area contributed by atoms with Crippen LogP contribution in [0.5, 0.6) is 0 Å². The van der Waals surface area contributed by atoms with Gasteiger partial charge in [0.15, 0.2) is 0 Å². The van der Waals surface area contributed by atoms with Crippen LogP contribution in [-0.4, -0.2) is 9.55 Å². The van der Waals surface area contributed by atoms with Crippen LogP contribution in [0.4, 0.5) is 0 Å². The first-order valence-corrected chi connectivity index (χ1v) is 8.68. The van der Waals surface area contributed by atoms with Crippen molar-refractivity contribution in [3.8, 4) is 0 Å². The van der Waals surface area contributed by atoms with Gasteiger partial charge in [-0.2, -0.15) is 0 Å². The number of nitrogens with one attached hydrogen (secondary N) is 1. The molecule has 0 spiro atoms. The highest BCUT2D eigenvalue weighted by Crippen LogP contribution is 2.62. The summed E-state index contributed by atoms with van der Waals surface area (Å²) in [5.74, 6) is 10.0. The third-order valence-corrected chi connectivity index (χ3v) is 6.40. The Morgan fingerprint density at radius 1 is 1.29 bits per heavy atom. The van der Waals surface area contributed by atoms with Gasteiger partial charge in [0.05, 0.1) is 6.04 Å². The summed E-state index contributed by atoms with van der Waals surface area (Å²) in [6.07, 6.45) is 14.0. The molecule has 1 unspecified atom stereocenters. The number of hydrogen-bond acceptors (Lipinski definition) is 3. The fourth-order valence-corrected chi connectivity index (χ4v) is 6.10. The lowest BCUT2D eigenvalue weighted by molar-refractivity contribution is -0.0628. The molecule has 4 bridgehead atoms. The van der Waals surface area contributed by atoms with Gasteiger partial charge in [0.25, 0.3) is 0 Å². The number of nitrogens with two attached hydrogens (primary N) is 1. The Morgan fingerprint density at radius 2 is 1.90 bits per heavy atom. The maximum Gasteiger partial charge on any atom is 0.127 e. The average molecular weight is 288 g/mol. The van der Waals surface area contributed by atoms with E-state index in [0.29, 0.717) is 5.41 Å². The second kappa shape index (κ2) is 5.10. The van der Waals surface area contributed by atoms with Crippen molar-refractivity contribution in [2.45, 2.75) is 64.5 Å². The molecule has 0 amide bonds. The Labute approximate surface area is 127 Å². The van der Waals surface area contributed by atoms with E-state index in [1.54, 1.807) is 0 Å². The fraction of sp³-hybridized carbons (Fsp3) is 0.824. The van der Waals surface area contributed by atoms with Crippen molar-refractivity contribution < 1.29 is 0 Å². The minimum atomic E-state index is 0.205. The quantitative estimate of drug-likeness (QED) is 0.647. The van der Waals surface area contributed by atoms with Gasteiger partial charge in [-0.25, -0.2) is 10.4 Å². The molecular weight excluding hydrogens is 260 g/mol. The molecule has 0 radical (unpaired) electrons. The summed E-state index contributed by atoms with van der Waals surface area (Å²) >= 11 is 0. The normalized spacial score (nSPS) is 38.9. The minimum absolute atomic E-state index is 0.205. The molecular formula is C17H28N4. The number of nitrogens with zero attached hydrogens (tertiary/aromatic N) is 2. The third-order valence-electron chi connectivity index (χ3n) is 6.40. The summed E-state index contributed by atoms with van der Waals surface area (Å²) in [4.78, 5) is 4.58. The second-order valence-electron chi connectivity index (χ2n) is 7.91. The van der Waals surface area contributed by atoms with Crippen LogP contribution >= 0.6 is 0 Å². The maximum atomic E-state index is 5.91. The molecule has 0 saturated heterocycles. The Balaban J connectivity index is 1.56. The third kappa shape index (κ3) is 2.33. The molecule has 21 heavy (non-hydrogen) atoms. The summed E-state index contributed by atoms with van der Waals surface area (Å²) in [6.45, 7) is 3.14. The predicted octanol–water partition coefficient (Wildman–Crippen LogP) is 3.01. The second-order valence-corrected chi connectivity index (χ2v) is 7.91. The number of imidazole rings is 1. The highest BCUT2D eigenvalue weighted by atomic mass is 15.3. The van der Waals surface area contributed by atoms with E-state index in [-0.39, 0.29) is 6.04 Å². The van der Waals surface area contributed by atoms with E-state index in [2.05, 4.69) is 28.1 Å². The van der Waals surface area contributed by atoms with Crippen molar-refractivity contribution in [1.29, 1.82) is 0 Å². The zero-order chi connectivity index (χ0) is 14.4. The molecule has 4 fully saturated rings. The van der Waals surface area contributed by atoms with Crippen molar-refractivity contribution in [3.05, 3.63) is 18.2 Å². The Hall–Kier alpha value is -0.870. The number of rotatable bonds is 5. The standard InChI is InChI=1S/C17H28N4/c1-2-21-4-3-19-16(21)15(20-18)11-17-8-12-5-13(9-17)7-14(6-12)10-17/h3-4,12-15,20H,2,5-11,18H2,1H3. The molecule has 116 valence electrons. The van der Waals surface area contributed by atoms with Crippen LogP contribution in [0.25, 0.3) is 0 Å². The lowest BCUT2D eigenvalue weighted by Crippen LogP contribution is -2.48. The van der Waals surface area contributed by atoms with Crippen LogP contribution in [-0.2, 0) is 6.54 Å². The van der Waals surface area contributed by atoms with Crippen LogP contribution in [0.3, 0.4) is 0 Å². The molecule has 4 saturated carbocycles. The number of hydrazine groups is 1. The van der Waals surface area contributed by atoms with Gasteiger partial charge >= 0.3 is 0 Å². The van der Waals surface area contributed by atoms with Crippen LogP contribution in [0.2, 0.25) is 0 Å². The molecule has 1 heterocycles. The lowest BCUT2D eigenvalue weighted by atomic mass is 9.48. The van der Waals surface area contributed by atoms with Crippen LogP contribution in [0, 0.1) is 23.2 Å². The van der Waals surface area contributed by atoms with E-state index in [1.807, 2.05) is 6.20 Å². The van der Waals surface area contributed by atoms with Crippen molar-refractivity contribution in [2.24, 2.45) is 29.0 Å². The number of aromatic nitrogens is 2. The van der Waals surface area contributed by atoms with Crippen molar-refractivity contribution in [3.63, 3.8) is 0 Å². The molecule has 4 aliphatic carbocycles. The molecule has 4 heteroatoms. The van der Waals surface area contributed by atoms with Crippen molar-refractivity contribution in [1.82, 2.24) is 15.0 Å². The maximum absolute atomic E-state index is 5.91. The van der Waals surface area contributed by atoms with Gasteiger partial charge < -0.3 is 4.57 Å².